The predicted octanol–water partition coefficient (Wildman–Crippen LogP) is 4.10. The molecule has 5 nitrogen and oxygen atoms in total. The van der Waals surface area contributed by atoms with Gasteiger partial charge in [-0.25, -0.2) is 0 Å². The first-order valence-corrected chi connectivity index (χ1v) is 7.12. The lowest BCUT2D eigenvalue weighted by Gasteiger charge is -2.15. The molecule has 24 heavy (non-hydrogen) atoms. The normalized spacial score (nSPS) is 11.0. The van der Waals surface area contributed by atoms with Gasteiger partial charge in [-0.3, -0.25) is 10.1 Å². The number of nitro groups is 1. The van der Waals surface area contributed by atoms with Gasteiger partial charge < -0.3 is 10.6 Å². The highest BCUT2D eigenvalue weighted by atomic mass is 32.1. The van der Waals surface area contributed by atoms with Crippen LogP contribution in [0.1, 0.15) is 11.1 Å². The van der Waals surface area contributed by atoms with Crippen LogP contribution in [0.25, 0.3) is 0 Å². The van der Waals surface area contributed by atoms with E-state index in [0.717, 1.165) is 17.7 Å². The summed E-state index contributed by atoms with van der Waals surface area (Å²) in [4.78, 5) is 9.77. The smallest absolute Gasteiger partial charge is 0.358 e. The fraction of sp³-hybridized carbons (Fsp3) is 0.133. The number of nitrogens with one attached hydrogen (secondary N) is 2. The number of non-ortho nitro benzene ring substituents is 1. The van der Waals surface area contributed by atoms with E-state index in [9.17, 15) is 23.3 Å². The molecule has 0 saturated carbocycles. The summed E-state index contributed by atoms with van der Waals surface area (Å²) < 4.78 is 39.2. The molecule has 2 aromatic carbocycles. The molecule has 0 saturated heterocycles. The number of halogens is 3. The van der Waals surface area contributed by atoms with Crippen molar-refractivity contribution >= 4 is 28.7 Å². The van der Waals surface area contributed by atoms with Crippen molar-refractivity contribution in [3.05, 3.63) is 69.8 Å². The van der Waals surface area contributed by atoms with Crippen molar-refractivity contribution in [3.8, 4) is 0 Å². The van der Waals surface area contributed by atoms with Crippen LogP contribution in [0, 0.1) is 10.1 Å². The van der Waals surface area contributed by atoms with Gasteiger partial charge in [0.15, 0.2) is 5.11 Å². The molecule has 2 rings (SSSR count). The molecule has 2 N–H and O–H groups in total. The summed E-state index contributed by atoms with van der Waals surface area (Å²) in [5.74, 6) is 0. The SMILES string of the molecule is O=[N+]([O-])c1ccc(NC(=S)NCc2ccccc2)c(C(F)(F)F)c1. The molecule has 0 radical (unpaired) electrons. The van der Waals surface area contributed by atoms with E-state index in [1.165, 1.54) is 0 Å². The van der Waals surface area contributed by atoms with Crippen molar-refractivity contribution in [1.82, 2.24) is 5.32 Å². The van der Waals surface area contributed by atoms with Crippen LogP contribution in [0.4, 0.5) is 24.5 Å². The summed E-state index contributed by atoms with van der Waals surface area (Å²) in [5.41, 5.74) is -1.24. The number of thiocarbonyl (C=S) groups is 1. The molecule has 0 aliphatic rings. The van der Waals surface area contributed by atoms with E-state index >= 15 is 0 Å². The Kier molecular flexibility index (Phi) is 5.35. The summed E-state index contributed by atoms with van der Waals surface area (Å²) in [6, 6.07) is 11.6. The molecule has 0 aromatic heterocycles. The lowest BCUT2D eigenvalue weighted by atomic mass is 10.1. The Bertz CT molecular complexity index is 751. The minimum Gasteiger partial charge on any atom is -0.358 e. The molecule has 0 aliphatic carbocycles. The predicted molar refractivity (Wildman–Crippen MR) is 87.6 cm³/mol. The molecule has 0 aliphatic heterocycles. The molecule has 0 spiro atoms. The van der Waals surface area contributed by atoms with Gasteiger partial charge in [0.1, 0.15) is 0 Å². The Hall–Kier alpha value is -2.68. The highest BCUT2D eigenvalue weighted by molar-refractivity contribution is 7.80. The number of rotatable bonds is 4. The third kappa shape index (κ3) is 4.66. The van der Waals surface area contributed by atoms with Gasteiger partial charge in [-0.2, -0.15) is 13.2 Å². The van der Waals surface area contributed by atoms with Crippen LogP contribution in [0.2, 0.25) is 0 Å². The van der Waals surface area contributed by atoms with Gasteiger partial charge in [-0.15, -0.1) is 0 Å². The van der Waals surface area contributed by atoms with E-state index in [1.807, 2.05) is 30.3 Å². The number of alkyl halides is 3. The summed E-state index contributed by atoms with van der Waals surface area (Å²) in [7, 11) is 0. The Morgan fingerprint density at radius 1 is 1.17 bits per heavy atom. The zero-order chi connectivity index (χ0) is 17.7. The first-order chi connectivity index (χ1) is 11.3. The van der Waals surface area contributed by atoms with Gasteiger partial charge in [-0.1, -0.05) is 30.3 Å². The maximum atomic E-state index is 13.1. The summed E-state index contributed by atoms with van der Waals surface area (Å²) in [6.07, 6.45) is -4.75. The van der Waals surface area contributed by atoms with E-state index in [0.29, 0.717) is 12.6 Å². The molecule has 0 amide bonds. The van der Waals surface area contributed by atoms with Gasteiger partial charge in [-0.05, 0) is 23.8 Å². The summed E-state index contributed by atoms with van der Waals surface area (Å²) >= 11 is 4.98. The van der Waals surface area contributed by atoms with Crippen molar-refractivity contribution in [2.75, 3.05) is 5.32 Å². The van der Waals surface area contributed by atoms with Crippen LogP contribution in [0.3, 0.4) is 0 Å². The first-order valence-electron chi connectivity index (χ1n) is 6.72. The number of hydrogen-bond acceptors (Lipinski definition) is 3. The van der Waals surface area contributed by atoms with Crippen LogP contribution in [-0.4, -0.2) is 10.0 Å². The monoisotopic (exact) mass is 355 g/mol. The number of nitro benzene ring substituents is 1. The number of hydrogen-bond donors (Lipinski definition) is 2. The average molecular weight is 355 g/mol. The maximum absolute atomic E-state index is 13.1. The molecule has 0 unspecified atom stereocenters. The second kappa shape index (κ2) is 7.26. The van der Waals surface area contributed by atoms with Crippen molar-refractivity contribution in [2.45, 2.75) is 12.7 Å². The third-order valence-electron chi connectivity index (χ3n) is 3.06. The molecule has 9 heteroatoms. The number of nitrogens with zero attached hydrogens (tertiary/aromatic N) is 1. The Labute approximate surface area is 140 Å². The number of benzene rings is 2. The van der Waals surface area contributed by atoms with Crippen molar-refractivity contribution in [1.29, 1.82) is 0 Å². The maximum Gasteiger partial charge on any atom is 0.418 e. The number of anilines is 1. The van der Waals surface area contributed by atoms with E-state index in [1.54, 1.807) is 0 Å². The van der Waals surface area contributed by atoms with E-state index in [-0.39, 0.29) is 10.8 Å². The summed E-state index contributed by atoms with van der Waals surface area (Å²) in [5, 5.41) is 15.9. The molecule has 2 aromatic rings. The lowest BCUT2D eigenvalue weighted by molar-refractivity contribution is -0.385. The zero-order valence-corrected chi connectivity index (χ0v) is 12.9. The van der Waals surface area contributed by atoms with Crippen LogP contribution < -0.4 is 10.6 Å². The molecular weight excluding hydrogens is 343 g/mol. The van der Waals surface area contributed by atoms with Gasteiger partial charge >= 0.3 is 6.18 Å². The molecule has 0 bridgehead atoms. The lowest BCUT2D eigenvalue weighted by Crippen LogP contribution is -2.29. The van der Waals surface area contributed by atoms with Crippen molar-refractivity contribution < 1.29 is 18.1 Å². The van der Waals surface area contributed by atoms with E-state index in [2.05, 4.69) is 10.6 Å². The minimum absolute atomic E-state index is 0.0155. The fourth-order valence-corrected chi connectivity index (χ4v) is 2.12. The van der Waals surface area contributed by atoms with Gasteiger partial charge in [0.2, 0.25) is 0 Å². The second-order valence-electron chi connectivity index (χ2n) is 4.78. The Morgan fingerprint density at radius 2 is 1.83 bits per heavy atom. The fourth-order valence-electron chi connectivity index (χ4n) is 1.93. The zero-order valence-electron chi connectivity index (χ0n) is 12.1. The Morgan fingerprint density at radius 3 is 2.42 bits per heavy atom. The Balaban J connectivity index is 2.13. The highest BCUT2D eigenvalue weighted by Gasteiger charge is 2.35. The quantitative estimate of drug-likeness (QED) is 0.491. The van der Waals surface area contributed by atoms with Crippen LogP contribution in [-0.2, 0) is 12.7 Å². The minimum atomic E-state index is -4.75. The van der Waals surface area contributed by atoms with Gasteiger partial charge in [0, 0.05) is 18.7 Å². The highest BCUT2D eigenvalue weighted by Crippen LogP contribution is 2.37. The second-order valence-corrected chi connectivity index (χ2v) is 5.19. The van der Waals surface area contributed by atoms with Crippen LogP contribution in [0.5, 0.6) is 0 Å². The average Bonchev–Trinajstić information content (AvgIpc) is 2.53. The van der Waals surface area contributed by atoms with Gasteiger partial charge in [0.05, 0.1) is 16.2 Å². The molecule has 126 valence electrons. The van der Waals surface area contributed by atoms with Gasteiger partial charge in [0.25, 0.3) is 5.69 Å². The molecule has 0 heterocycles. The molecular formula is C15H12F3N3O2S. The van der Waals surface area contributed by atoms with E-state index in [4.69, 9.17) is 12.2 Å². The largest absolute Gasteiger partial charge is 0.418 e. The molecule has 0 fully saturated rings. The third-order valence-corrected chi connectivity index (χ3v) is 3.31. The van der Waals surface area contributed by atoms with Crippen LogP contribution >= 0.6 is 12.2 Å². The first kappa shape index (κ1) is 17.7. The van der Waals surface area contributed by atoms with Crippen LogP contribution in [0.15, 0.2) is 48.5 Å². The van der Waals surface area contributed by atoms with E-state index < -0.39 is 22.4 Å². The standard InChI is InChI=1S/C15H12F3N3O2S/c16-15(17,18)12-8-11(21(22)23)6-7-13(12)20-14(24)19-9-10-4-2-1-3-5-10/h1-8H,9H2,(H2,19,20,24). The van der Waals surface area contributed by atoms with Crippen molar-refractivity contribution in [2.24, 2.45) is 0 Å². The van der Waals surface area contributed by atoms with Crippen molar-refractivity contribution in [3.63, 3.8) is 0 Å². The summed E-state index contributed by atoms with van der Waals surface area (Å²) in [6.45, 7) is 0.334. The molecule has 0 atom stereocenters. The topological polar surface area (TPSA) is 67.2 Å².